The molecule has 2 rings (SSSR count). The van der Waals surface area contributed by atoms with E-state index in [4.69, 9.17) is 4.74 Å². The summed E-state index contributed by atoms with van der Waals surface area (Å²) >= 11 is 0. The summed E-state index contributed by atoms with van der Waals surface area (Å²) in [6, 6.07) is 4.92. The van der Waals surface area contributed by atoms with Crippen LogP contribution in [0.4, 0.5) is 0 Å². The van der Waals surface area contributed by atoms with E-state index in [1.807, 2.05) is 0 Å². The number of benzene rings is 1. The van der Waals surface area contributed by atoms with Crippen LogP contribution in [0, 0.1) is 13.8 Å². The fraction of sp³-hybridized carbons (Fsp3) is 0.625. The summed E-state index contributed by atoms with van der Waals surface area (Å²) in [6.45, 7) is 7.32. The summed E-state index contributed by atoms with van der Waals surface area (Å²) in [5, 5.41) is 3.68. The van der Waals surface area contributed by atoms with E-state index < -0.39 is 0 Å². The number of ether oxygens (including phenoxy) is 1. The Kier molecular flexibility index (Phi) is 4.83. The third kappa shape index (κ3) is 3.71. The molecule has 1 heterocycles. The molecule has 0 bridgehead atoms. The molecule has 106 valence electrons. The molecule has 0 radical (unpaired) electrons. The lowest BCUT2D eigenvalue weighted by molar-refractivity contribution is 0.249. The van der Waals surface area contributed by atoms with Crippen LogP contribution in [0.5, 0.6) is 5.75 Å². The molecule has 1 atom stereocenters. The van der Waals surface area contributed by atoms with Crippen LogP contribution in [0.15, 0.2) is 12.1 Å². The minimum Gasteiger partial charge on any atom is -0.493 e. The number of aryl methyl sites for hydroxylation is 2. The standard InChI is InChI=1S/C16H26N2O/c1-12-10-13(2)16-14(11-12)15(6-9-19-16)17-7-5-8-18(3)4/h10-11,15,17H,5-9H2,1-4H3. The average Bonchev–Trinajstić information content (AvgIpc) is 2.34. The van der Waals surface area contributed by atoms with Gasteiger partial charge in [-0.2, -0.15) is 0 Å². The predicted octanol–water partition coefficient (Wildman–Crippen LogP) is 2.67. The molecule has 0 saturated heterocycles. The Labute approximate surface area is 116 Å². The maximum atomic E-state index is 5.84. The van der Waals surface area contributed by atoms with Crippen LogP contribution in [-0.4, -0.2) is 38.7 Å². The highest BCUT2D eigenvalue weighted by Crippen LogP contribution is 2.35. The van der Waals surface area contributed by atoms with Gasteiger partial charge in [-0.25, -0.2) is 0 Å². The van der Waals surface area contributed by atoms with Gasteiger partial charge in [0.15, 0.2) is 0 Å². The first-order valence-corrected chi connectivity index (χ1v) is 7.20. The molecule has 1 aromatic carbocycles. The van der Waals surface area contributed by atoms with Crippen LogP contribution < -0.4 is 10.1 Å². The fourth-order valence-corrected chi connectivity index (χ4v) is 2.76. The van der Waals surface area contributed by atoms with Crippen molar-refractivity contribution in [1.82, 2.24) is 10.2 Å². The molecule has 0 fully saturated rings. The van der Waals surface area contributed by atoms with Crippen molar-refractivity contribution in [2.24, 2.45) is 0 Å². The van der Waals surface area contributed by atoms with E-state index in [2.05, 4.69) is 50.3 Å². The molecular formula is C16H26N2O. The lowest BCUT2D eigenvalue weighted by Gasteiger charge is -2.28. The average molecular weight is 262 g/mol. The van der Waals surface area contributed by atoms with Gasteiger partial charge in [0.2, 0.25) is 0 Å². The van der Waals surface area contributed by atoms with Crippen molar-refractivity contribution in [2.45, 2.75) is 32.7 Å². The zero-order valence-electron chi connectivity index (χ0n) is 12.6. The van der Waals surface area contributed by atoms with Crippen LogP contribution in [0.3, 0.4) is 0 Å². The van der Waals surface area contributed by atoms with E-state index in [1.165, 1.54) is 23.1 Å². The topological polar surface area (TPSA) is 24.5 Å². The Morgan fingerprint density at radius 2 is 2.11 bits per heavy atom. The molecule has 1 N–H and O–H groups in total. The van der Waals surface area contributed by atoms with E-state index in [0.717, 1.165) is 31.9 Å². The molecule has 0 saturated carbocycles. The summed E-state index contributed by atoms with van der Waals surface area (Å²) in [5.41, 5.74) is 3.92. The van der Waals surface area contributed by atoms with Gasteiger partial charge in [0.05, 0.1) is 6.61 Å². The summed E-state index contributed by atoms with van der Waals surface area (Å²) < 4.78 is 5.84. The van der Waals surface area contributed by atoms with Crippen LogP contribution in [0.25, 0.3) is 0 Å². The van der Waals surface area contributed by atoms with Crippen LogP contribution in [-0.2, 0) is 0 Å². The van der Waals surface area contributed by atoms with Gasteiger partial charge in [-0.3, -0.25) is 0 Å². The number of hydrogen-bond acceptors (Lipinski definition) is 3. The maximum absolute atomic E-state index is 5.84. The zero-order valence-corrected chi connectivity index (χ0v) is 12.6. The van der Waals surface area contributed by atoms with Crippen LogP contribution in [0.2, 0.25) is 0 Å². The number of fused-ring (bicyclic) bond motifs is 1. The predicted molar refractivity (Wildman–Crippen MR) is 79.9 cm³/mol. The SMILES string of the molecule is Cc1cc(C)c2c(c1)C(NCCCN(C)C)CCO2. The van der Waals surface area contributed by atoms with Crippen molar-refractivity contribution in [1.29, 1.82) is 0 Å². The molecule has 19 heavy (non-hydrogen) atoms. The molecule has 1 aliphatic rings. The lowest BCUT2D eigenvalue weighted by atomic mass is 9.95. The second-order valence-electron chi connectivity index (χ2n) is 5.80. The largest absolute Gasteiger partial charge is 0.493 e. The highest BCUT2D eigenvalue weighted by Gasteiger charge is 2.22. The number of hydrogen-bond donors (Lipinski definition) is 1. The summed E-state index contributed by atoms with van der Waals surface area (Å²) in [5.74, 6) is 1.10. The van der Waals surface area contributed by atoms with E-state index >= 15 is 0 Å². The quantitative estimate of drug-likeness (QED) is 0.826. The molecule has 0 spiro atoms. The molecule has 0 aromatic heterocycles. The molecule has 0 amide bonds. The Balaban J connectivity index is 2.01. The van der Waals surface area contributed by atoms with Gasteiger partial charge in [0, 0.05) is 18.0 Å². The summed E-state index contributed by atoms with van der Waals surface area (Å²) in [6.07, 6.45) is 2.25. The second kappa shape index (κ2) is 6.40. The molecule has 1 unspecified atom stereocenters. The highest BCUT2D eigenvalue weighted by atomic mass is 16.5. The number of rotatable bonds is 5. The minimum absolute atomic E-state index is 0.449. The second-order valence-corrected chi connectivity index (χ2v) is 5.80. The van der Waals surface area contributed by atoms with E-state index in [9.17, 15) is 0 Å². The van der Waals surface area contributed by atoms with E-state index in [-0.39, 0.29) is 0 Å². The van der Waals surface area contributed by atoms with Crippen LogP contribution >= 0.6 is 0 Å². The third-order valence-electron chi connectivity index (χ3n) is 3.65. The normalized spacial score (nSPS) is 18.3. The van der Waals surface area contributed by atoms with Gasteiger partial charge in [-0.15, -0.1) is 0 Å². The van der Waals surface area contributed by atoms with Crippen molar-refractivity contribution in [3.63, 3.8) is 0 Å². The monoisotopic (exact) mass is 262 g/mol. The molecular weight excluding hydrogens is 236 g/mol. The molecule has 3 heteroatoms. The van der Waals surface area contributed by atoms with Gasteiger partial charge >= 0.3 is 0 Å². The van der Waals surface area contributed by atoms with Gasteiger partial charge in [0.25, 0.3) is 0 Å². The maximum Gasteiger partial charge on any atom is 0.126 e. The summed E-state index contributed by atoms with van der Waals surface area (Å²) in [4.78, 5) is 2.23. The molecule has 0 aliphatic carbocycles. The molecule has 3 nitrogen and oxygen atoms in total. The van der Waals surface area contributed by atoms with Gasteiger partial charge in [0.1, 0.15) is 5.75 Å². The smallest absolute Gasteiger partial charge is 0.126 e. The van der Waals surface area contributed by atoms with Crippen molar-refractivity contribution in [3.8, 4) is 5.75 Å². The first kappa shape index (κ1) is 14.4. The Morgan fingerprint density at radius 1 is 1.32 bits per heavy atom. The minimum atomic E-state index is 0.449. The van der Waals surface area contributed by atoms with E-state index in [0.29, 0.717) is 6.04 Å². The van der Waals surface area contributed by atoms with Crippen molar-refractivity contribution in [2.75, 3.05) is 33.8 Å². The van der Waals surface area contributed by atoms with Crippen molar-refractivity contribution in [3.05, 3.63) is 28.8 Å². The first-order valence-electron chi connectivity index (χ1n) is 7.20. The molecule has 1 aliphatic heterocycles. The zero-order chi connectivity index (χ0) is 13.8. The Morgan fingerprint density at radius 3 is 2.84 bits per heavy atom. The van der Waals surface area contributed by atoms with Crippen LogP contribution in [0.1, 0.15) is 35.6 Å². The fourth-order valence-electron chi connectivity index (χ4n) is 2.76. The van der Waals surface area contributed by atoms with Crippen molar-refractivity contribution >= 4 is 0 Å². The first-order chi connectivity index (χ1) is 9.08. The highest BCUT2D eigenvalue weighted by molar-refractivity contribution is 5.46. The van der Waals surface area contributed by atoms with E-state index in [1.54, 1.807) is 0 Å². The lowest BCUT2D eigenvalue weighted by Crippen LogP contribution is -2.29. The third-order valence-corrected chi connectivity index (χ3v) is 3.65. The Bertz CT molecular complexity index is 429. The van der Waals surface area contributed by atoms with Gasteiger partial charge in [-0.05, 0) is 53.0 Å². The number of nitrogens with zero attached hydrogens (tertiary/aromatic N) is 1. The molecule has 1 aromatic rings. The van der Waals surface area contributed by atoms with Crippen molar-refractivity contribution < 1.29 is 4.74 Å². The Hall–Kier alpha value is -1.06. The van der Waals surface area contributed by atoms with Gasteiger partial charge in [-0.1, -0.05) is 17.7 Å². The number of nitrogens with one attached hydrogen (secondary N) is 1. The summed E-state index contributed by atoms with van der Waals surface area (Å²) in [7, 11) is 4.24. The van der Waals surface area contributed by atoms with Gasteiger partial charge < -0.3 is 15.0 Å².